The predicted octanol–water partition coefficient (Wildman–Crippen LogP) is 5.07. The van der Waals surface area contributed by atoms with Crippen LogP contribution in [-0.2, 0) is 0 Å². The molecule has 0 saturated heterocycles. The molecule has 0 atom stereocenters. The Balaban J connectivity index is 3.01. The Labute approximate surface area is 90.1 Å². The largest absolute Gasteiger partial charge is 0.0914 e. The van der Waals surface area contributed by atoms with E-state index in [1.807, 2.05) is 0 Å². The number of rotatable bonds is 9. The first kappa shape index (κ1) is 13.5. The smallest absolute Gasteiger partial charge is 0.0169 e. The van der Waals surface area contributed by atoms with Crippen molar-refractivity contribution < 1.29 is 0 Å². The molecule has 14 heavy (non-hydrogen) atoms. The maximum atomic E-state index is 3.84. The molecule has 0 aliphatic carbocycles. The number of hydrogen-bond acceptors (Lipinski definition) is 0. The molecule has 0 amide bonds. The van der Waals surface area contributed by atoms with E-state index in [1.165, 1.54) is 38.5 Å². The predicted molar refractivity (Wildman–Crippen MR) is 66.2 cm³/mol. The average Bonchev–Trinajstić information content (AvgIpc) is 2.21. The van der Waals surface area contributed by atoms with Crippen LogP contribution in [0, 0.1) is 6.92 Å². The van der Waals surface area contributed by atoms with Crippen molar-refractivity contribution >= 4 is 0 Å². The monoisotopic (exact) mass is 193 g/mol. The van der Waals surface area contributed by atoms with Gasteiger partial charge in [0.25, 0.3) is 0 Å². The molecule has 0 bridgehead atoms. The molecular weight excluding hydrogens is 168 g/mol. The van der Waals surface area contributed by atoms with E-state index in [4.69, 9.17) is 0 Å². The van der Waals surface area contributed by atoms with Crippen LogP contribution < -0.4 is 0 Å². The molecule has 0 aromatic rings. The maximum absolute atomic E-state index is 3.84. The van der Waals surface area contributed by atoms with E-state index < -0.39 is 0 Å². The van der Waals surface area contributed by atoms with Gasteiger partial charge in [-0.2, -0.15) is 0 Å². The highest BCUT2D eigenvalue weighted by Gasteiger charge is 1.87. The molecule has 0 heteroatoms. The van der Waals surface area contributed by atoms with Crippen LogP contribution in [0.4, 0.5) is 0 Å². The summed E-state index contributed by atoms with van der Waals surface area (Å²) in [6.45, 7) is 5.91. The highest BCUT2D eigenvalue weighted by atomic mass is 13.9. The van der Waals surface area contributed by atoms with Crippen molar-refractivity contribution in [1.29, 1.82) is 0 Å². The zero-order chi connectivity index (χ0) is 10.5. The van der Waals surface area contributed by atoms with Gasteiger partial charge >= 0.3 is 0 Å². The minimum Gasteiger partial charge on any atom is -0.0914 e. The Morgan fingerprint density at radius 3 is 2.29 bits per heavy atom. The molecule has 0 spiro atoms. The van der Waals surface area contributed by atoms with Crippen LogP contribution in [0.1, 0.15) is 58.3 Å². The van der Waals surface area contributed by atoms with E-state index in [2.05, 4.69) is 38.2 Å². The highest BCUT2D eigenvalue weighted by Crippen LogP contribution is 2.07. The third kappa shape index (κ3) is 11.5. The summed E-state index contributed by atoms with van der Waals surface area (Å²) in [7, 11) is 0. The van der Waals surface area contributed by atoms with Gasteiger partial charge in [-0.05, 0) is 26.2 Å². The first-order valence-corrected chi connectivity index (χ1v) is 5.97. The van der Waals surface area contributed by atoms with Crippen LogP contribution in [0.15, 0.2) is 24.3 Å². The highest BCUT2D eigenvalue weighted by molar-refractivity contribution is 4.91. The van der Waals surface area contributed by atoms with Crippen LogP contribution >= 0.6 is 0 Å². The van der Waals surface area contributed by atoms with Crippen molar-refractivity contribution in [2.45, 2.75) is 58.3 Å². The molecule has 81 valence electrons. The van der Waals surface area contributed by atoms with Crippen molar-refractivity contribution in [3.8, 4) is 0 Å². The number of allylic oxidation sites excluding steroid dienone is 4. The van der Waals surface area contributed by atoms with Gasteiger partial charge in [0.2, 0.25) is 0 Å². The molecule has 0 fully saturated rings. The topological polar surface area (TPSA) is 0 Å². The lowest BCUT2D eigenvalue weighted by molar-refractivity contribution is 0.621. The van der Waals surface area contributed by atoms with Crippen LogP contribution in [0.3, 0.4) is 0 Å². The molecular formula is C14H25. The molecule has 0 rings (SSSR count). The van der Waals surface area contributed by atoms with E-state index in [1.54, 1.807) is 0 Å². The lowest BCUT2D eigenvalue weighted by Gasteiger charge is -1.97. The fraction of sp³-hybridized carbons (Fsp3) is 0.643. The first-order valence-electron chi connectivity index (χ1n) is 5.97. The van der Waals surface area contributed by atoms with Gasteiger partial charge in [0.1, 0.15) is 0 Å². The number of hydrogen-bond donors (Lipinski definition) is 0. The summed E-state index contributed by atoms with van der Waals surface area (Å²) in [5.74, 6) is 0. The Bertz CT molecular complexity index is 142. The number of unbranched alkanes of at least 4 members (excludes halogenated alkanes) is 6. The second-order valence-electron chi connectivity index (χ2n) is 3.69. The summed E-state index contributed by atoms with van der Waals surface area (Å²) in [5.41, 5.74) is 0. The second kappa shape index (κ2) is 12.5. The molecule has 0 saturated carbocycles. The lowest BCUT2D eigenvalue weighted by atomic mass is 10.1. The van der Waals surface area contributed by atoms with Crippen LogP contribution in [0.2, 0.25) is 0 Å². The van der Waals surface area contributed by atoms with Crippen molar-refractivity contribution in [1.82, 2.24) is 0 Å². The zero-order valence-corrected chi connectivity index (χ0v) is 9.67. The summed E-state index contributed by atoms with van der Waals surface area (Å²) in [5, 5.41) is 0. The van der Waals surface area contributed by atoms with Crippen LogP contribution in [0.5, 0.6) is 0 Å². The summed E-state index contributed by atoms with van der Waals surface area (Å²) < 4.78 is 0. The molecule has 0 aliphatic rings. The van der Waals surface area contributed by atoms with Gasteiger partial charge in [0.15, 0.2) is 0 Å². The third-order valence-electron chi connectivity index (χ3n) is 2.30. The molecule has 1 radical (unpaired) electrons. The van der Waals surface area contributed by atoms with Crippen molar-refractivity contribution in [3.05, 3.63) is 31.2 Å². The summed E-state index contributed by atoms with van der Waals surface area (Å²) in [6, 6.07) is 0. The summed E-state index contributed by atoms with van der Waals surface area (Å²) >= 11 is 0. The normalized spacial score (nSPS) is 11.9. The SMILES string of the molecule is [CH2]CCCCCCCC=CCC=CC. The molecule has 0 N–H and O–H groups in total. The lowest BCUT2D eigenvalue weighted by Crippen LogP contribution is -1.77. The van der Waals surface area contributed by atoms with Gasteiger partial charge in [-0.25, -0.2) is 0 Å². The van der Waals surface area contributed by atoms with E-state index in [9.17, 15) is 0 Å². The van der Waals surface area contributed by atoms with Crippen molar-refractivity contribution in [2.24, 2.45) is 0 Å². The molecule has 0 aliphatic heterocycles. The minimum absolute atomic E-state index is 1.10. The van der Waals surface area contributed by atoms with Gasteiger partial charge in [-0.3, -0.25) is 0 Å². The maximum Gasteiger partial charge on any atom is -0.0169 e. The zero-order valence-electron chi connectivity index (χ0n) is 9.67. The van der Waals surface area contributed by atoms with Crippen LogP contribution in [-0.4, -0.2) is 0 Å². The van der Waals surface area contributed by atoms with Gasteiger partial charge in [0, 0.05) is 0 Å². The Kier molecular flexibility index (Phi) is 12.0. The fourth-order valence-corrected chi connectivity index (χ4v) is 1.40. The molecule has 0 unspecified atom stereocenters. The quantitative estimate of drug-likeness (QED) is 0.354. The van der Waals surface area contributed by atoms with Crippen molar-refractivity contribution in [3.63, 3.8) is 0 Å². The summed E-state index contributed by atoms with van der Waals surface area (Å²) in [6.07, 6.45) is 19.1. The van der Waals surface area contributed by atoms with E-state index in [-0.39, 0.29) is 0 Å². The third-order valence-corrected chi connectivity index (χ3v) is 2.30. The van der Waals surface area contributed by atoms with Gasteiger partial charge < -0.3 is 0 Å². The van der Waals surface area contributed by atoms with E-state index in [0.717, 1.165) is 12.8 Å². The Hall–Kier alpha value is -0.520. The van der Waals surface area contributed by atoms with Gasteiger partial charge in [-0.1, -0.05) is 63.3 Å². The van der Waals surface area contributed by atoms with E-state index in [0.29, 0.717) is 0 Å². The van der Waals surface area contributed by atoms with Gasteiger partial charge in [0.05, 0.1) is 0 Å². The average molecular weight is 193 g/mol. The fourth-order valence-electron chi connectivity index (χ4n) is 1.40. The summed E-state index contributed by atoms with van der Waals surface area (Å²) in [4.78, 5) is 0. The van der Waals surface area contributed by atoms with E-state index >= 15 is 0 Å². The van der Waals surface area contributed by atoms with Gasteiger partial charge in [-0.15, -0.1) is 0 Å². The molecule has 0 heterocycles. The van der Waals surface area contributed by atoms with Crippen LogP contribution in [0.25, 0.3) is 0 Å². The van der Waals surface area contributed by atoms with Crippen molar-refractivity contribution in [2.75, 3.05) is 0 Å². The molecule has 0 nitrogen and oxygen atoms in total. The Morgan fingerprint density at radius 2 is 1.57 bits per heavy atom. The molecule has 0 aromatic heterocycles. The first-order chi connectivity index (χ1) is 6.91. The standard InChI is InChI=1S/C14H25/c1-3-5-7-9-11-13-14-12-10-8-6-4-2/h4,6,10,12H,1,3,5,7-9,11,13-14H2,2H3. The Morgan fingerprint density at radius 1 is 0.857 bits per heavy atom. The minimum atomic E-state index is 1.10. The molecule has 0 aromatic carbocycles. The second-order valence-corrected chi connectivity index (χ2v) is 3.69.